The molecule has 2 aliphatic heterocycles. The lowest BCUT2D eigenvalue weighted by Crippen LogP contribution is -2.52. The zero-order valence-electron chi connectivity index (χ0n) is 19.0. The summed E-state index contributed by atoms with van der Waals surface area (Å²) in [7, 11) is 0. The molecule has 3 aromatic rings. The third-order valence-corrected chi connectivity index (χ3v) is 6.80. The second-order valence-electron chi connectivity index (χ2n) is 9.00. The smallest absolute Gasteiger partial charge is 0.253 e. The number of para-hydroxylation sites is 1. The molecule has 0 unspecified atom stereocenters. The number of hydrogen-bond donors (Lipinski definition) is 0. The Bertz CT molecular complexity index is 1210. The van der Waals surface area contributed by atoms with E-state index in [9.17, 15) is 9.59 Å². The standard InChI is InChI=1S/C28H27NO4/c1-19-11-12-24-25(30)18-28(33-26(24)20(19)2)13-15-29(16-14-28)27(31)21-7-6-10-23(17-21)32-22-8-4-3-5-9-22/h3-12,17H,13-16,18H2,1-2H3. The van der Waals surface area contributed by atoms with Crippen molar-refractivity contribution in [2.24, 2.45) is 0 Å². The van der Waals surface area contributed by atoms with E-state index in [0.29, 0.717) is 49.2 Å². The lowest BCUT2D eigenvalue weighted by atomic mass is 9.81. The molecule has 1 amide bonds. The van der Waals surface area contributed by atoms with Gasteiger partial charge in [0.05, 0.1) is 12.0 Å². The van der Waals surface area contributed by atoms with Crippen LogP contribution in [-0.2, 0) is 0 Å². The Hall–Kier alpha value is -3.60. The van der Waals surface area contributed by atoms with Gasteiger partial charge in [0.1, 0.15) is 22.8 Å². The molecule has 1 saturated heterocycles. The minimum Gasteiger partial charge on any atom is -0.486 e. The molecule has 2 heterocycles. The predicted octanol–water partition coefficient (Wildman–Crippen LogP) is 5.74. The number of hydrogen-bond acceptors (Lipinski definition) is 4. The molecule has 168 valence electrons. The first-order valence-electron chi connectivity index (χ1n) is 11.4. The zero-order valence-corrected chi connectivity index (χ0v) is 19.0. The van der Waals surface area contributed by atoms with E-state index < -0.39 is 5.60 Å². The first-order valence-corrected chi connectivity index (χ1v) is 11.4. The molecule has 3 aromatic carbocycles. The molecule has 0 aromatic heterocycles. The Balaban J connectivity index is 1.29. The van der Waals surface area contributed by atoms with E-state index in [1.165, 1.54) is 0 Å². The molecule has 2 aliphatic rings. The van der Waals surface area contributed by atoms with Crippen molar-refractivity contribution < 1.29 is 19.1 Å². The van der Waals surface area contributed by atoms with Gasteiger partial charge in [-0.25, -0.2) is 0 Å². The number of likely N-dealkylation sites (tertiary alicyclic amines) is 1. The summed E-state index contributed by atoms with van der Waals surface area (Å²) in [5, 5.41) is 0. The largest absolute Gasteiger partial charge is 0.486 e. The van der Waals surface area contributed by atoms with E-state index in [1.54, 1.807) is 6.07 Å². The Morgan fingerprint density at radius 3 is 2.42 bits per heavy atom. The molecular weight excluding hydrogens is 414 g/mol. The Kier molecular flexibility index (Phi) is 5.41. The lowest BCUT2D eigenvalue weighted by molar-refractivity contribution is -0.00621. The second-order valence-corrected chi connectivity index (χ2v) is 9.00. The van der Waals surface area contributed by atoms with Crippen molar-refractivity contribution in [2.45, 2.75) is 38.7 Å². The fourth-order valence-electron chi connectivity index (χ4n) is 4.68. The van der Waals surface area contributed by atoms with E-state index in [0.717, 1.165) is 22.6 Å². The Morgan fingerprint density at radius 1 is 0.939 bits per heavy atom. The topological polar surface area (TPSA) is 55.8 Å². The Morgan fingerprint density at radius 2 is 1.67 bits per heavy atom. The van der Waals surface area contributed by atoms with Gasteiger partial charge in [-0.3, -0.25) is 9.59 Å². The van der Waals surface area contributed by atoms with Gasteiger partial charge in [-0.15, -0.1) is 0 Å². The summed E-state index contributed by atoms with van der Waals surface area (Å²) < 4.78 is 12.4. The maximum absolute atomic E-state index is 13.2. The van der Waals surface area contributed by atoms with Crippen molar-refractivity contribution in [3.05, 3.63) is 89.0 Å². The molecule has 5 heteroatoms. The molecule has 0 saturated carbocycles. The number of piperidine rings is 1. The van der Waals surface area contributed by atoms with E-state index >= 15 is 0 Å². The molecule has 0 atom stereocenters. The van der Waals surface area contributed by atoms with Crippen LogP contribution >= 0.6 is 0 Å². The van der Waals surface area contributed by atoms with Gasteiger partial charge < -0.3 is 14.4 Å². The highest BCUT2D eigenvalue weighted by atomic mass is 16.5. The van der Waals surface area contributed by atoms with Gasteiger partial charge in [0.15, 0.2) is 5.78 Å². The molecule has 0 N–H and O–H groups in total. The van der Waals surface area contributed by atoms with Gasteiger partial charge >= 0.3 is 0 Å². The van der Waals surface area contributed by atoms with Crippen LogP contribution in [0.3, 0.4) is 0 Å². The number of nitrogens with zero attached hydrogens (tertiary/aromatic N) is 1. The van der Waals surface area contributed by atoms with Crippen molar-refractivity contribution >= 4 is 11.7 Å². The maximum Gasteiger partial charge on any atom is 0.253 e. The SMILES string of the molecule is Cc1ccc2c(c1C)OC1(CCN(C(=O)c3cccc(Oc4ccccc4)c3)CC1)CC2=O. The number of fused-ring (bicyclic) bond motifs is 1. The van der Waals surface area contributed by atoms with Crippen LogP contribution in [0.25, 0.3) is 0 Å². The van der Waals surface area contributed by atoms with Crippen LogP contribution in [0.2, 0.25) is 0 Å². The van der Waals surface area contributed by atoms with Gasteiger partial charge in [-0.05, 0) is 61.4 Å². The van der Waals surface area contributed by atoms with Crippen LogP contribution in [0.1, 0.15) is 51.1 Å². The molecule has 0 radical (unpaired) electrons. The fraction of sp³-hybridized carbons (Fsp3) is 0.286. The van der Waals surface area contributed by atoms with Crippen LogP contribution in [0, 0.1) is 13.8 Å². The number of ketones is 1. The first kappa shape index (κ1) is 21.3. The first-order chi connectivity index (χ1) is 15.9. The molecule has 5 nitrogen and oxygen atoms in total. The van der Waals surface area contributed by atoms with Crippen molar-refractivity contribution in [3.63, 3.8) is 0 Å². The van der Waals surface area contributed by atoms with Gasteiger partial charge in [-0.2, -0.15) is 0 Å². The number of carbonyl (C=O) groups excluding carboxylic acids is 2. The van der Waals surface area contributed by atoms with Crippen LogP contribution < -0.4 is 9.47 Å². The third-order valence-electron chi connectivity index (χ3n) is 6.80. The highest BCUT2D eigenvalue weighted by Gasteiger charge is 2.44. The van der Waals surface area contributed by atoms with E-state index in [-0.39, 0.29) is 11.7 Å². The van der Waals surface area contributed by atoms with Gasteiger partial charge in [0.25, 0.3) is 5.91 Å². The van der Waals surface area contributed by atoms with E-state index in [4.69, 9.17) is 9.47 Å². The van der Waals surface area contributed by atoms with Crippen molar-refractivity contribution in [1.82, 2.24) is 4.90 Å². The number of amides is 1. The normalized spacial score (nSPS) is 16.8. The molecule has 33 heavy (non-hydrogen) atoms. The molecule has 1 fully saturated rings. The summed E-state index contributed by atoms with van der Waals surface area (Å²) in [4.78, 5) is 27.9. The van der Waals surface area contributed by atoms with Gasteiger partial charge in [0.2, 0.25) is 0 Å². The van der Waals surface area contributed by atoms with Crippen LogP contribution in [-0.4, -0.2) is 35.3 Å². The zero-order chi connectivity index (χ0) is 23.0. The van der Waals surface area contributed by atoms with Gasteiger partial charge in [-0.1, -0.05) is 30.3 Å². The minimum atomic E-state index is -0.530. The van der Waals surface area contributed by atoms with E-state index in [1.807, 2.05) is 79.4 Å². The lowest BCUT2D eigenvalue weighted by Gasteiger charge is -2.44. The van der Waals surface area contributed by atoms with Crippen molar-refractivity contribution in [2.75, 3.05) is 13.1 Å². The summed E-state index contributed by atoms with van der Waals surface area (Å²) >= 11 is 0. The minimum absolute atomic E-state index is 0.0297. The summed E-state index contributed by atoms with van der Waals surface area (Å²) in [6, 6.07) is 20.6. The van der Waals surface area contributed by atoms with Crippen LogP contribution in [0.15, 0.2) is 66.7 Å². The number of Topliss-reactive ketones (excluding diaryl/α,β-unsaturated/α-hetero) is 1. The Labute approximate surface area is 193 Å². The third kappa shape index (κ3) is 4.11. The number of aryl methyl sites for hydroxylation is 1. The maximum atomic E-state index is 13.2. The highest BCUT2D eigenvalue weighted by molar-refractivity contribution is 6.01. The van der Waals surface area contributed by atoms with Crippen LogP contribution in [0.5, 0.6) is 17.2 Å². The quantitative estimate of drug-likeness (QED) is 0.520. The number of rotatable bonds is 3. The average molecular weight is 442 g/mol. The highest BCUT2D eigenvalue weighted by Crippen LogP contribution is 2.42. The molecule has 1 spiro atoms. The van der Waals surface area contributed by atoms with E-state index in [2.05, 4.69) is 0 Å². The average Bonchev–Trinajstić information content (AvgIpc) is 2.83. The summed E-state index contributed by atoms with van der Waals surface area (Å²) in [5.41, 5.74) is 2.88. The van der Waals surface area contributed by atoms with Crippen molar-refractivity contribution in [1.29, 1.82) is 0 Å². The number of benzene rings is 3. The van der Waals surface area contributed by atoms with Crippen LogP contribution in [0.4, 0.5) is 0 Å². The summed E-state index contributed by atoms with van der Waals surface area (Å²) in [6.45, 7) is 5.14. The summed E-state index contributed by atoms with van der Waals surface area (Å²) in [6.07, 6.45) is 1.64. The second kappa shape index (κ2) is 8.39. The van der Waals surface area contributed by atoms with Crippen molar-refractivity contribution in [3.8, 4) is 17.2 Å². The molecular formula is C28H27NO4. The molecule has 5 rings (SSSR count). The molecule has 0 bridgehead atoms. The van der Waals surface area contributed by atoms with Gasteiger partial charge in [0, 0.05) is 31.5 Å². The number of carbonyl (C=O) groups is 2. The number of ether oxygens (including phenoxy) is 2. The summed E-state index contributed by atoms with van der Waals surface area (Å²) in [5.74, 6) is 2.18. The monoisotopic (exact) mass is 441 g/mol. The predicted molar refractivity (Wildman–Crippen MR) is 126 cm³/mol. The molecule has 0 aliphatic carbocycles. The fourth-order valence-corrected chi connectivity index (χ4v) is 4.68.